The van der Waals surface area contributed by atoms with Crippen LogP contribution >= 0.6 is 0 Å². The number of nitrogens with two attached hydrogens (primary N) is 1. The Balaban J connectivity index is 0.000000327. The van der Waals surface area contributed by atoms with Crippen LogP contribution in [0.5, 0.6) is 34.5 Å². The van der Waals surface area contributed by atoms with E-state index < -0.39 is 5.91 Å². The van der Waals surface area contributed by atoms with E-state index in [1.54, 1.807) is 51.7 Å². The van der Waals surface area contributed by atoms with Crippen LogP contribution in [0.15, 0.2) is 24.3 Å². The zero-order chi connectivity index (χ0) is 23.4. The highest BCUT2D eigenvalue weighted by molar-refractivity contribution is 5.92. The van der Waals surface area contributed by atoms with Gasteiger partial charge in [0.05, 0.1) is 48.7 Å². The van der Waals surface area contributed by atoms with E-state index in [9.17, 15) is 4.79 Å². The second-order valence-corrected chi connectivity index (χ2v) is 5.76. The van der Waals surface area contributed by atoms with Crippen LogP contribution in [0.3, 0.4) is 0 Å². The highest BCUT2D eigenvalue weighted by atomic mass is 16.5. The van der Waals surface area contributed by atoms with E-state index in [0.29, 0.717) is 45.9 Å². The molecule has 0 aliphatic rings. The topological polar surface area (TPSA) is 134 Å². The van der Waals surface area contributed by atoms with Gasteiger partial charge >= 0.3 is 0 Å². The van der Waals surface area contributed by atoms with Gasteiger partial charge < -0.3 is 39.5 Å². The predicted octanol–water partition coefficient (Wildman–Crippen LogP) is 2.86. The maximum Gasteiger partial charge on any atom is 0.238 e. The molecule has 0 saturated carbocycles. The van der Waals surface area contributed by atoms with Crippen LogP contribution in [0.1, 0.15) is 6.42 Å². The van der Waals surface area contributed by atoms with Crippen molar-refractivity contribution in [2.45, 2.75) is 6.42 Å². The van der Waals surface area contributed by atoms with E-state index in [1.165, 1.54) is 21.3 Å². The molecule has 10 nitrogen and oxygen atoms in total. The molecule has 10 heteroatoms. The van der Waals surface area contributed by atoms with Crippen LogP contribution in [0.25, 0.3) is 0 Å². The lowest BCUT2D eigenvalue weighted by atomic mass is 10.2. The van der Waals surface area contributed by atoms with Gasteiger partial charge in [0.15, 0.2) is 23.0 Å². The molecule has 2 rings (SSSR count). The van der Waals surface area contributed by atoms with Gasteiger partial charge in [-0.3, -0.25) is 4.79 Å². The Morgan fingerprint density at radius 1 is 0.806 bits per heavy atom. The average Bonchev–Trinajstić information content (AvgIpc) is 2.77. The third kappa shape index (κ3) is 6.78. The summed E-state index contributed by atoms with van der Waals surface area (Å²) in [6.45, 7) is 0. The number of carbonyl (C=O) groups is 1. The summed E-state index contributed by atoms with van der Waals surface area (Å²) in [4.78, 5) is 11.3. The first-order valence-corrected chi connectivity index (χ1v) is 8.91. The molecule has 1 amide bonds. The number of amides is 1. The lowest BCUT2D eigenvalue weighted by Crippen LogP contribution is -2.10. The number of methoxy groups -OCH3 is 6. The molecule has 0 radical (unpaired) electrons. The Bertz CT molecular complexity index is 876. The summed E-state index contributed by atoms with van der Waals surface area (Å²) >= 11 is 0. The third-order valence-corrected chi connectivity index (χ3v) is 3.88. The third-order valence-electron chi connectivity index (χ3n) is 3.88. The van der Waals surface area contributed by atoms with Crippen molar-refractivity contribution in [3.8, 4) is 40.6 Å². The van der Waals surface area contributed by atoms with Crippen molar-refractivity contribution in [2.75, 3.05) is 53.7 Å². The number of nitrogens with zero attached hydrogens (tertiary/aromatic N) is 1. The minimum absolute atomic E-state index is 0.212. The molecule has 2 aromatic carbocycles. The number of anilines is 2. The number of carbonyl (C=O) groups excluding carboxylic acids is 1. The molecule has 0 saturated heterocycles. The van der Waals surface area contributed by atoms with Gasteiger partial charge in [0, 0.05) is 35.6 Å². The molecule has 2 aromatic rings. The van der Waals surface area contributed by atoms with Crippen molar-refractivity contribution in [3.63, 3.8) is 0 Å². The van der Waals surface area contributed by atoms with E-state index in [2.05, 4.69) is 5.32 Å². The lowest BCUT2D eigenvalue weighted by molar-refractivity contribution is -0.115. The molecule has 168 valence electrons. The summed E-state index contributed by atoms with van der Waals surface area (Å²) in [5.41, 5.74) is 6.67. The van der Waals surface area contributed by atoms with Gasteiger partial charge in [-0.1, -0.05) is 0 Å². The van der Waals surface area contributed by atoms with E-state index in [4.69, 9.17) is 39.4 Å². The summed E-state index contributed by atoms with van der Waals surface area (Å²) in [7, 11) is 9.12. The number of hydrogen-bond acceptors (Lipinski definition) is 9. The summed E-state index contributed by atoms with van der Waals surface area (Å²) in [6, 6.07) is 8.32. The van der Waals surface area contributed by atoms with Crippen LogP contribution in [0.4, 0.5) is 11.4 Å². The fraction of sp³-hybridized carbons (Fsp3) is 0.333. The Hall–Kier alpha value is -4.00. The molecule has 0 bridgehead atoms. The molecule has 0 atom stereocenters. The number of benzene rings is 2. The zero-order valence-corrected chi connectivity index (χ0v) is 18.4. The molecule has 0 aliphatic heterocycles. The van der Waals surface area contributed by atoms with Crippen molar-refractivity contribution >= 4 is 17.3 Å². The summed E-state index contributed by atoms with van der Waals surface area (Å²) < 4.78 is 30.7. The van der Waals surface area contributed by atoms with Gasteiger partial charge in [-0.2, -0.15) is 5.26 Å². The summed E-state index contributed by atoms with van der Waals surface area (Å²) in [6.07, 6.45) is -0.212. The van der Waals surface area contributed by atoms with E-state index >= 15 is 0 Å². The first-order valence-electron chi connectivity index (χ1n) is 8.91. The molecule has 0 aromatic heterocycles. The quantitative estimate of drug-likeness (QED) is 0.603. The van der Waals surface area contributed by atoms with Crippen LogP contribution in [0.2, 0.25) is 0 Å². The fourth-order valence-electron chi connectivity index (χ4n) is 2.53. The van der Waals surface area contributed by atoms with Gasteiger partial charge in [0.2, 0.25) is 17.4 Å². The molecule has 0 fully saturated rings. The molecule has 3 N–H and O–H groups in total. The van der Waals surface area contributed by atoms with Crippen molar-refractivity contribution in [2.24, 2.45) is 0 Å². The average molecular weight is 433 g/mol. The molecular formula is C21H27N3O7. The predicted molar refractivity (Wildman–Crippen MR) is 115 cm³/mol. The van der Waals surface area contributed by atoms with Gasteiger partial charge in [-0.15, -0.1) is 0 Å². The number of ether oxygens (including phenoxy) is 6. The van der Waals surface area contributed by atoms with E-state index in [0.717, 1.165) is 0 Å². The van der Waals surface area contributed by atoms with E-state index in [-0.39, 0.29) is 6.42 Å². The van der Waals surface area contributed by atoms with E-state index in [1.807, 2.05) is 0 Å². The second kappa shape index (κ2) is 12.5. The highest BCUT2D eigenvalue weighted by Crippen LogP contribution is 2.40. The largest absolute Gasteiger partial charge is 0.493 e. The van der Waals surface area contributed by atoms with Crippen molar-refractivity contribution in [3.05, 3.63) is 24.3 Å². The number of hydrogen-bond donors (Lipinski definition) is 2. The van der Waals surface area contributed by atoms with Gasteiger partial charge in [-0.05, 0) is 0 Å². The maximum absolute atomic E-state index is 11.3. The summed E-state index contributed by atoms with van der Waals surface area (Å²) in [5, 5.41) is 11.0. The number of nitriles is 1. The maximum atomic E-state index is 11.3. The normalized spacial score (nSPS) is 9.32. The SMILES string of the molecule is COc1cc(N)cc(OC)c1OC.COc1cc(NC(=O)CC#N)cc(OC)c1OC. The molecule has 0 heterocycles. The van der Waals surface area contributed by atoms with Crippen LogP contribution in [-0.2, 0) is 4.79 Å². The summed E-state index contributed by atoms with van der Waals surface area (Å²) in [5.74, 6) is 2.61. The molecule has 0 aliphatic carbocycles. The van der Waals surface area contributed by atoms with Crippen molar-refractivity contribution < 1.29 is 33.2 Å². The number of rotatable bonds is 8. The van der Waals surface area contributed by atoms with Crippen LogP contribution in [-0.4, -0.2) is 48.6 Å². The van der Waals surface area contributed by atoms with Gasteiger partial charge in [0.25, 0.3) is 0 Å². The van der Waals surface area contributed by atoms with Gasteiger partial charge in [0.1, 0.15) is 6.42 Å². The lowest BCUT2D eigenvalue weighted by Gasteiger charge is -2.14. The first-order chi connectivity index (χ1) is 14.9. The van der Waals surface area contributed by atoms with Crippen molar-refractivity contribution in [1.82, 2.24) is 0 Å². The Morgan fingerprint density at radius 3 is 1.52 bits per heavy atom. The standard InChI is InChI=1S/C12H14N2O4.C9H13NO3/c1-16-9-6-8(14-11(15)4-5-13)7-10(17-2)12(9)18-3;1-11-7-4-6(10)5-8(12-2)9(7)13-3/h6-7H,4H2,1-3H3,(H,14,15);4-5H,10H2,1-3H3. The number of nitrogen functional groups attached to an aromatic ring is 1. The van der Waals surface area contributed by atoms with Crippen molar-refractivity contribution in [1.29, 1.82) is 5.26 Å². The molecule has 31 heavy (non-hydrogen) atoms. The number of nitrogens with one attached hydrogen (secondary N) is 1. The Labute approximate surface area is 181 Å². The molecular weight excluding hydrogens is 406 g/mol. The van der Waals surface area contributed by atoms with Crippen LogP contribution in [0, 0.1) is 11.3 Å². The Morgan fingerprint density at radius 2 is 1.19 bits per heavy atom. The monoisotopic (exact) mass is 433 g/mol. The Kier molecular flexibility index (Phi) is 10.1. The second-order valence-electron chi connectivity index (χ2n) is 5.76. The minimum atomic E-state index is -0.397. The fourth-order valence-corrected chi connectivity index (χ4v) is 2.53. The van der Waals surface area contributed by atoms with Crippen LogP contribution < -0.4 is 39.5 Å². The highest BCUT2D eigenvalue weighted by Gasteiger charge is 2.14. The minimum Gasteiger partial charge on any atom is -0.493 e. The molecule has 0 unspecified atom stereocenters. The zero-order valence-electron chi connectivity index (χ0n) is 18.4. The molecule has 0 spiro atoms. The van der Waals surface area contributed by atoms with Gasteiger partial charge in [-0.25, -0.2) is 0 Å². The smallest absolute Gasteiger partial charge is 0.238 e. The first kappa shape index (κ1) is 25.0.